The van der Waals surface area contributed by atoms with Crippen LogP contribution in [-0.4, -0.2) is 15.4 Å². The lowest BCUT2D eigenvalue weighted by atomic mass is 10.2. The summed E-state index contributed by atoms with van der Waals surface area (Å²) < 4.78 is 29.1. The summed E-state index contributed by atoms with van der Waals surface area (Å²) in [5.41, 5.74) is -0.220. The first-order valence-corrected chi connectivity index (χ1v) is 7.97. The van der Waals surface area contributed by atoms with Crippen LogP contribution in [0.1, 0.15) is 10.4 Å². The SMILES string of the molecule is C#CCn1c(=NC(=O)c2cccc([N+](=O)[O-])c2)sc2cc(F)cc(F)c21. The zero-order valence-corrected chi connectivity index (χ0v) is 13.8. The molecule has 1 amide bonds. The van der Waals surface area contributed by atoms with E-state index in [4.69, 9.17) is 6.42 Å². The highest BCUT2D eigenvalue weighted by Gasteiger charge is 2.15. The summed E-state index contributed by atoms with van der Waals surface area (Å²) >= 11 is 0.892. The van der Waals surface area contributed by atoms with Crippen molar-refractivity contribution < 1.29 is 18.5 Å². The van der Waals surface area contributed by atoms with Gasteiger partial charge in [0.1, 0.15) is 5.82 Å². The van der Waals surface area contributed by atoms with E-state index in [0.717, 1.165) is 23.5 Å². The summed E-state index contributed by atoms with van der Waals surface area (Å²) in [5.74, 6) is -0.0140. The maximum Gasteiger partial charge on any atom is 0.279 e. The highest BCUT2D eigenvalue weighted by atomic mass is 32.1. The third-order valence-corrected chi connectivity index (χ3v) is 4.47. The lowest BCUT2D eigenvalue weighted by molar-refractivity contribution is -0.384. The van der Waals surface area contributed by atoms with Crippen molar-refractivity contribution in [1.82, 2.24) is 4.57 Å². The molecule has 0 aliphatic heterocycles. The van der Waals surface area contributed by atoms with Gasteiger partial charge in [-0.1, -0.05) is 23.3 Å². The molecule has 0 unspecified atom stereocenters. The van der Waals surface area contributed by atoms with Crippen LogP contribution in [0, 0.1) is 34.1 Å². The molecule has 9 heteroatoms. The van der Waals surface area contributed by atoms with Crippen molar-refractivity contribution in [3.63, 3.8) is 0 Å². The molecule has 130 valence electrons. The second-order valence-electron chi connectivity index (χ2n) is 5.13. The predicted molar refractivity (Wildman–Crippen MR) is 91.6 cm³/mol. The number of benzene rings is 2. The molecule has 0 radical (unpaired) electrons. The van der Waals surface area contributed by atoms with E-state index >= 15 is 0 Å². The summed E-state index contributed by atoms with van der Waals surface area (Å²) in [4.78, 5) is 26.5. The number of fused-ring (bicyclic) bond motifs is 1. The van der Waals surface area contributed by atoms with Crippen LogP contribution in [0.3, 0.4) is 0 Å². The smallest absolute Gasteiger partial charge is 0.279 e. The Morgan fingerprint density at radius 2 is 2.12 bits per heavy atom. The van der Waals surface area contributed by atoms with Gasteiger partial charge in [0.2, 0.25) is 0 Å². The van der Waals surface area contributed by atoms with Crippen LogP contribution in [0.2, 0.25) is 0 Å². The van der Waals surface area contributed by atoms with Crippen LogP contribution in [0.5, 0.6) is 0 Å². The van der Waals surface area contributed by atoms with Crippen molar-refractivity contribution in [3.8, 4) is 12.3 Å². The van der Waals surface area contributed by atoms with Gasteiger partial charge in [-0.05, 0) is 12.1 Å². The van der Waals surface area contributed by atoms with Gasteiger partial charge in [-0.3, -0.25) is 14.9 Å². The molecule has 3 aromatic rings. The van der Waals surface area contributed by atoms with Gasteiger partial charge < -0.3 is 4.57 Å². The molecular weight excluding hydrogens is 364 g/mol. The van der Waals surface area contributed by atoms with Crippen LogP contribution in [0.25, 0.3) is 10.2 Å². The number of thiazole rings is 1. The summed E-state index contributed by atoms with van der Waals surface area (Å²) in [5, 5.41) is 10.8. The summed E-state index contributed by atoms with van der Waals surface area (Å²) in [7, 11) is 0. The van der Waals surface area contributed by atoms with Crippen LogP contribution < -0.4 is 4.80 Å². The first-order valence-electron chi connectivity index (χ1n) is 7.16. The molecule has 26 heavy (non-hydrogen) atoms. The second kappa shape index (κ2) is 6.85. The van der Waals surface area contributed by atoms with E-state index in [9.17, 15) is 23.7 Å². The first-order chi connectivity index (χ1) is 12.4. The lowest BCUT2D eigenvalue weighted by Crippen LogP contribution is -2.17. The minimum absolute atomic E-state index is 0.00411. The molecule has 0 atom stereocenters. The highest BCUT2D eigenvalue weighted by molar-refractivity contribution is 7.16. The van der Waals surface area contributed by atoms with Crippen molar-refractivity contribution in [2.75, 3.05) is 0 Å². The number of halogens is 2. The average Bonchev–Trinajstić information content (AvgIpc) is 2.92. The zero-order valence-electron chi connectivity index (χ0n) is 13.0. The van der Waals surface area contributed by atoms with E-state index in [1.807, 2.05) is 0 Å². The fourth-order valence-corrected chi connectivity index (χ4v) is 3.42. The molecule has 6 nitrogen and oxygen atoms in total. The minimum atomic E-state index is -0.823. The summed E-state index contributed by atoms with van der Waals surface area (Å²) in [6.45, 7) is -0.0798. The number of carbonyl (C=O) groups excluding carboxylic acids is 1. The summed E-state index contributed by atoms with van der Waals surface area (Å²) in [6, 6.07) is 6.90. The second-order valence-corrected chi connectivity index (χ2v) is 6.14. The molecule has 0 fully saturated rings. The van der Waals surface area contributed by atoms with Crippen LogP contribution in [0.15, 0.2) is 41.4 Å². The zero-order chi connectivity index (χ0) is 18.8. The van der Waals surface area contributed by atoms with E-state index in [-0.39, 0.29) is 32.8 Å². The first kappa shape index (κ1) is 17.4. The molecule has 0 bridgehead atoms. The molecule has 3 rings (SSSR count). The predicted octanol–water partition coefficient (Wildman–Crippen LogP) is 3.26. The van der Waals surface area contributed by atoms with Crippen molar-refractivity contribution in [3.05, 3.63) is 68.5 Å². The molecule has 0 saturated carbocycles. The number of hydrogen-bond acceptors (Lipinski definition) is 4. The number of nitro groups is 1. The van der Waals surface area contributed by atoms with Crippen molar-refractivity contribution in [2.45, 2.75) is 6.54 Å². The van der Waals surface area contributed by atoms with Crippen LogP contribution in [-0.2, 0) is 6.54 Å². The number of aromatic nitrogens is 1. The molecular formula is C17H9F2N3O3S. The Morgan fingerprint density at radius 1 is 1.35 bits per heavy atom. The molecule has 0 saturated heterocycles. The van der Waals surface area contributed by atoms with Gasteiger partial charge in [0.25, 0.3) is 11.6 Å². The number of non-ortho nitro benzene ring substituents is 1. The van der Waals surface area contributed by atoms with Gasteiger partial charge in [0, 0.05) is 23.8 Å². The number of terminal acetylenes is 1. The molecule has 1 heterocycles. The molecule has 0 N–H and O–H groups in total. The third-order valence-electron chi connectivity index (χ3n) is 3.45. The molecule has 0 aliphatic rings. The largest absolute Gasteiger partial charge is 0.302 e. The van der Waals surface area contributed by atoms with Crippen molar-refractivity contribution in [1.29, 1.82) is 0 Å². The van der Waals surface area contributed by atoms with Gasteiger partial charge in [0.15, 0.2) is 10.6 Å². The lowest BCUT2D eigenvalue weighted by Gasteiger charge is -2.01. The number of nitro benzene ring substituents is 1. The number of nitrogens with zero attached hydrogens (tertiary/aromatic N) is 3. The standard InChI is InChI=1S/C17H9F2N3O3S/c1-2-6-21-15-13(19)8-11(18)9-14(15)26-17(21)20-16(23)10-4-3-5-12(7-10)22(24)25/h1,3-5,7-9H,6H2. The fraction of sp³-hybridized carbons (Fsp3) is 0.0588. The molecule has 0 spiro atoms. The number of carbonyl (C=O) groups is 1. The molecule has 0 aliphatic carbocycles. The van der Waals surface area contributed by atoms with Gasteiger partial charge in [-0.25, -0.2) is 8.78 Å². The maximum atomic E-state index is 14.1. The number of hydrogen-bond donors (Lipinski definition) is 0. The Hall–Kier alpha value is -3.38. The highest BCUT2D eigenvalue weighted by Crippen LogP contribution is 2.22. The van der Waals surface area contributed by atoms with Crippen molar-refractivity contribution in [2.24, 2.45) is 4.99 Å². The molecule has 1 aromatic heterocycles. The molecule has 2 aromatic carbocycles. The van der Waals surface area contributed by atoms with Gasteiger partial charge in [0.05, 0.1) is 21.7 Å². The third kappa shape index (κ3) is 3.22. The van der Waals surface area contributed by atoms with Gasteiger partial charge in [-0.2, -0.15) is 4.99 Å². The normalized spacial score (nSPS) is 11.5. The average molecular weight is 373 g/mol. The van der Waals surface area contributed by atoms with Crippen LogP contribution >= 0.6 is 11.3 Å². The Morgan fingerprint density at radius 3 is 2.81 bits per heavy atom. The fourth-order valence-electron chi connectivity index (χ4n) is 2.36. The Kier molecular flexibility index (Phi) is 4.60. The Balaban J connectivity index is 2.18. The monoisotopic (exact) mass is 373 g/mol. The van der Waals surface area contributed by atoms with E-state index in [0.29, 0.717) is 6.07 Å². The number of amides is 1. The Bertz CT molecular complexity index is 1160. The quantitative estimate of drug-likeness (QED) is 0.402. The topological polar surface area (TPSA) is 77.5 Å². The van der Waals surface area contributed by atoms with E-state index in [1.165, 1.54) is 22.8 Å². The van der Waals surface area contributed by atoms with Gasteiger partial charge in [-0.15, -0.1) is 6.42 Å². The van der Waals surface area contributed by atoms with Crippen molar-refractivity contribution >= 4 is 33.1 Å². The van der Waals surface area contributed by atoms with Crippen LogP contribution in [0.4, 0.5) is 14.5 Å². The van der Waals surface area contributed by atoms with Gasteiger partial charge >= 0.3 is 0 Å². The maximum absolute atomic E-state index is 14.1. The Labute approximate surface area is 149 Å². The van der Waals surface area contributed by atoms with E-state index in [2.05, 4.69) is 10.9 Å². The van der Waals surface area contributed by atoms with E-state index < -0.39 is 22.5 Å². The summed E-state index contributed by atoms with van der Waals surface area (Å²) in [6.07, 6.45) is 5.29. The number of rotatable bonds is 3. The van der Waals surface area contributed by atoms with E-state index in [1.54, 1.807) is 0 Å². The minimum Gasteiger partial charge on any atom is -0.302 e.